The van der Waals surface area contributed by atoms with E-state index in [4.69, 9.17) is 37.1 Å². The van der Waals surface area contributed by atoms with E-state index in [-0.39, 0.29) is 46.3 Å². The van der Waals surface area contributed by atoms with Gasteiger partial charge in [0, 0.05) is 39.9 Å². The summed E-state index contributed by atoms with van der Waals surface area (Å²) in [6.07, 6.45) is 0.471. The number of alkyl halides is 2. The third-order valence-corrected chi connectivity index (χ3v) is 14.1. The Balaban J connectivity index is 2.11. The summed E-state index contributed by atoms with van der Waals surface area (Å²) in [5.74, 6) is -6.17. The van der Waals surface area contributed by atoms with Crippen molar-refractivity contribution in [1.29, 1.82) is 0 Å². The van der Waals surface area contributed by atoms with Gasteiger partial charge in [-0.05, 0) is 42.7 Å². The summed E-state index contributed by atoms with van der Waals surface area (Å²) < 4.78 is 47.9. The van der Waals surface area contributed by atoms with Gasteiger partial charge < -0.3 is 18.8 Å². The van der Waals surface area contributed by atoms with Crippen molar-refractivity contribution in [2.24, 2.45) is 0 Å². The minimum Gasteiger partial charge on any atom is -0.467 e. The standard InChI is InChI=1S/C25H41Cl2F2NO4Si2/c1-24(2,3)36(7,8)34-13-9-12-30-16-18(25(28,29)23(30)31)21-20(11-10-19(26)22(21)27)33-17-32-14-15-35(4,5)6/h10-11,18H,9,12-17H2,1-8H3/t18-/m0/s1. The Morgan fingerprint density at radius 1 is 1.11 bits per heavy atom. The number of halogens is 4. The topological polar surface area (TPSA) is 48.0 Å². The second-order valence-corrected chi connectivity index (χ2v) is 23.4. The lowest BCUT2D eigenvalue weighted by atomic mass is 9.94. The van der Waals surface area contributed by atoms with Crippen LogP contribution in [-0.2, 0) is 14.0 Å². The molecule has 2 rings (SSSR count). The van der Waals surface area contributed by atoms with Gasteiger partial charge in [0.1, 0.15) is 5.75 Å². The minimum atomic E-state index is -3.63. The van der Waals surface area contributed by atoms with Gasteiger partial charge in [-0.15, -0.1) is 0 Å². The van der Waals surface area contributed by atoms with E-state index in [0.717, 1.165) is 6.04 Å². The summed E-state index contributed by atoms with van der Waals surface area (Å²) in [6.45, 7) is 18.2. The Bertz CT molecular complexity index is 921. The Hall–Kier alpha value is -0.716. The molecule has 0 aromatic heterocycles. The van der Waals surface area contributed by atoms with Gasteiger partial charge in [0.2, 0.25) is 0 Å². The van der Waals surface area contributed by atoms with Gasteiger partial charge in [-0.3, -0.25) is 4.79 Å². The van der Waals surface area contributed by atoms with Crippen molar-refractivity contribution in [1.82, 2.24) is 4.90 Å². The SMILES string of the molecule is CC(C)(C)[Si](C)(C)OCCCN1C[C@@H](c2c(OCOCC[Si](C)(C)C)ccc(Cl)c2Cl)C(F)(F)C1=O. The molecule has 0 saturated carbocycles. The number of nitrogens with zero attached hydrogens (tertiary/aromatic N) is 1. The van der Waals surface area contributed by atoms with Gasteiger partial charge in [0.15, 0.2) is 15.1 Å². The van der Waals surface area contributed by atoms with Gasteiger partial charge in [0.05, 0.1) is 16.0 Å². The monoisotopic (exact) mass is 583 g/mol. The second-order valence-electron chi connectivity index (χ2n) is 12.1. The minimum absolute atomic E-state index is 0.0307. The van der Waals surface area contributed by atoms with Gasteiger partial charge in [-0.25, -0.2) is 0 Å². The highest BCUT2D eigenvalue weighted by Gasteiger charge is 2.58. The van der Waals surface area contributed by atoms with E-state index >= 15 is 8.78 Å². The Morgan fingerprint density at radius 2 is 1.75 bits per heavy atom. The van der Waals surface area contributed by atoms with Crippen LogP contribution in [0.5, 0.6) is 5.75 Å². The van der Waals surface area contributed by atoms with Crippen molar-refractivity contribution in [3.63, 3.8) is 0 Å². The molecular weight excluding hydrogens is 543 g/mol. The van der Waals surface area contributed by atoms with Crippen LogP contribution < -0.4 is 4.74 Å². The predicted octanol–water partition coefficient (Wildman–Crippen LogP) is 7.66. The molecule has 1 aromatic rings. The van der Waals surface area contributed by atoms with Crippen LogP contribution in [-0.4, -0.2) is 66.2 Å². The summed E-state index contributed by atoms with van der Waals surface area (Å²) >= 11 is 12.6. The average molecular weight is 585 g/mol. The first-order valence-electron chi connectivity index (χ1n) is 12.4. The normalized spacial score (nSPS) is 18.7. The maximum Gasteiger partial charge on any atom is 0.333 e. The molecule has 0 unspecified atom stereocenters. The van der Waals surface area contributed by atoms with E-state index in [0.29, 0.717) is 19.6 Å². The smallest absolute Gasteiger partial charge is 0.333 e. The van der Waals surface area contributed by atoms with Crippen molar-refractivity contribution in [2.75, 3.05) is 33.1 Å². The largest absolute Gasteiger partial charge is 0.467 e. The van der Waals surface area contributed by atoms with Crippen LogP contribution in [0.4, 0.5) is 8.78 Å². The number of benzene rings is 1. The van der Waals surface area contributed by atoms with E-state index < -0.39 is 34.1 Å². The van der Waals surface area contributed by atoms with Gasteiger partial charge in [0.25, 0.3) is 5.91 Å². The van der Waals surface area contributed by atoms with Crippen LogP contribution in [0.15, 0.2) is 12.1 Å². The van der Waals surface area contributed by atoms with Crippen LogP contribution in [0.2, 0.25) is 53.9 Å². The number of amides is 1. The van der Waals surface area contributed by atoms with Crippen LogP contribution >= 0.6 is 23.2 Å². The molecule has 1 aliphatic heterocycles. The van der Waals surface area contributed by atoms with E-state index in [1.165, 1.54) is 17.0 Å². The Labute approximate surface area is 226 Å². The molecule has 1 heterocycles. The fourth-order valence-corrected chi connectivity index (χ4v) is 5.88. The maximum absolute atomic E-state index is 15.3. The molecular formula is C25H41Cl2F2NO4Si2. The highest BCUT2D eigenvalue weighted by Crippen LogP contribution is 2.48. The zero-order valence-corrected chi connectivity index (χ0v) is 26.3. The first-order valence-corrected chi connectivity index (χ1v) is 19.8. The molecule has 1 saturated heterocycles. The lowest BCUT2D eigenvalue weighted by Gasteiger charge is -2.36. The third-order valence-electron chi connectivity index (χ3n) is 6.99. The summed E-state index contributed by atoms with van der Waals surface area (Å²) in [5, 5.41) is 0.146. The first kappa shape index (κ1) is 31.5. The van der Waals surface area contributed by atoms with Gasteiger partial charge in [-0.2, -0.15) is 8.78 Å². The molecule has 1 aliphatic rings. The zero-order chi connectivity index (χ0) is 27.5. The van der Waals surface area contributed by atoms with Crippen molar-refractivity contribution in [3.8, 4) is 5.75 Å². The molecule has 36 heavy (non-hydrogen) atoms. The van der Waals surface area contributed by atoms with E-state index in [1.54, 1.807) is 0 Å². The third kappa shape index (κ3) is 7.90. The number of hydrogen-bond acceptors (Lipinski definition) is 4. The van der Waals surface area contributed by atoms with Gasteiger partial charge >= 0.3 is 5.92 Å². The predicted molar refractivity (Wildman–Crippen MR) is 148 cm³/mol. The van der Waals surface area contributed by atoms with E-state index in [2.05, 4.69) is 53.5 Å². The molecule has 1 atom stereocenters. The maximum atomic E-state index is 15.3. The highest BCUT2D eigenvalue weighted by atomic mass is 35.5. The van der Waals surface area contributed by atoms with Crippen LogP contribution in [0, 0.1) is 0 Å². The van der Waals surface area contributed by atoms with Crippen LogP contribution in [0.3, 0.4) is 0 Å². The molecule has 1 aromatic carbocycles. The molecule has 1 fully saturated rings. The number of carbonyl (C=O) groups excluding carboxylic acids is 1. The quantitative estimate of drug-likeness (QED) is 0.144. The molecule has 0 aliphatic carbocycles. The zero-order valence-electron chi connectivity index (χ0n) is 22.8. The van der Waals surface area contributed by atoms with Crippen LogP contribution in [0.25, 0.3) is 0 Å². The van der Waals surface area contributed by atoms with Crippen molar-refractivity contribution in [3.05, 3.63) is 27.7 Å². The Morgan fingerprint density at radius 3 is 2.33 bits per heavy atom. The molecule has 206 valence electrons. The number of rotatable bonds is 12. The second kappa shape index (κ2) is 12.0. The van der Waals surface area contributed by atoms with Crippen LogP contribution in [0.1, 0.15) is 38.7 Å². The molecule has 0 bridgehead atoms. The number of carbonyl (C=O) groups is 1. The summed E-state index contributed by atoms with van der Waals surface area (Å²) in [4.78, 5) is 13.9. The van der Waals surface area contributed by atoms with Gasteiger partial charge in [-0.1, -0.05) is 63.6 Å². The Kier molecular flexibility index (Phi) is 10.5. The molecule has 5 nitrogen and oxygen atoms in total. The summed E-state index contributed by atoms with van der Waals surface area (Å²) in [6, 6.07) is 3.95. The molecule has 0 N–H and O–H groups in total. The molecule has 1 amide bonds. The molecule has 0 spiro atoms. The van der Waals surface area contributed by atoms with E-state index in [1.807, 2.05) is 0 Å². The number of likely N-dealkylation sites (tertiary alicyclic amines) is 1. The van der Waals surface area contributed by atoms with Crippen molar-refractivity contribution >= 4 is 45.5 Å². The fourth-order valence-electron chi connectivity index (χ4n) is 3.58. The number of ether oxygens (including phenoxy) is 2. The van der Waals surface area contributed by atoms with Crippen molar-refractivity contribution < 1.29 is 27.5 Å². The average Bonchev–Trinajstić information content (AvgIpc) is 2.95. The fraction of sp³-hybridized carbons (Fsp3) is 0.720. The summed E-state index contributed by atoms with van der Waals surface area (Å²) in [5.41, 5.74) is 0.0383. The van der Waals surface area contributed by atoms with Crippen molar-refractivity contribution in [2.45, 2.75) is 82.8 Å². The highest BCUT2D eigenvalue weighted by molar-refractivity contribution is 6.76. The summed E-state index contributed by atoms with van der Waals surface area (Å²) in [7, 11) is -3.23. The lowest BCUT2D eigenvalue weighted by Crippen LogP contribution is -2.41. The first-order chi connectivity index (χ1) is 16.4. The number of hydrogen-bond donors (Lipinski definition) is 0. The van der Waals surface area contributed by atoms with E-state index in [9.17, 15) is 4.79 Å². The molecule has 11 heteroatoms. The molecule has 0 radical (unpaired) electrons. The lowest BCUT2D eigenvalue weighted by molar-refractivity contribution is -0.149.